The molecule has 0 aliphatic heterocycles. The first-order chi connectivity index (χ1) is 11.6. The molecule has 0 aliphatic carbocycles. The number of halogens is 1. The third kappa shape index (κ3) is 3.74. The molecule has 0 aliphatic rings. The molecule has 5 heteroatoms. The Kier molecular flexibility index (Phi) is 5.11. The zero-order valence-corrected chi connectivity index (χ0v) is 14.7. The number of rotatable bonds is 6. The monoisotopic (exact) mass is 344 g/mol. The molecule has 3 nitrogen and oxygen atoms in total. The zero-order chi connectivity index (χ0) is 17.1. The lowest BCUT2D eigenvalue weighted by molar-refractivity contribution is 0.185. The molecule has 3 rings (SSSR count). The summed E-state index contributed by atoms with van der Waals surface area (Å²) in [6, 6.07) is 8.84. The van der Waals surface area contributed by atoms with Gasteiger partial charge in [0.1, 0.15) is 5.82 Å². The summed E-state index contributed by atoms with van der Waals surface area (Å²) in [5.74, 6) is -0.343. The van der Waals surface area contributed by atoms with Crippen LogP contribution in [0.2, 0.25) is 0 Å². The van der Waals surface area contributed by atoms with Gasteiger partial charge in [0.2, 0.25) is 0 Å². The third-order valence-electron chi connectivity index (χ3n) is 4.44. The molecule has 1 atom stereocenters. The SMILES string of the molecule is CCC(C)N(Cc1ccsc1)Cc1cc2ccc(F)cc2[nH]c1=O. The Morgan fingerprint density at radius 3 is 2.79 bits per heavy atom. The quantitative estimate of drug-likeness (QED) is 0.713. The standard InChI is InChI=1S/C19H21FN2OS/c1-3-13(2)22(10-14-6-7-24-12-14)11-16-8-15-4-5-17(20)9-18(15)21-19(16)23/h4-9,12-13H,3,10-11H2,1-2H3,(H,21,23). The zero-order valence-electron chi connectivity index (χ0n) is 13.9. The van der Waals surface area contributed by atoms with E-state index >= 15 is 0 Å². The van der Waals surface area contributed by atoms with Gasteiger partial charge in [-0.05, 0) is 65.4 Å². The third-order valence-corrected chi connectivity index (χ3v) is 5.17. The van der Waals surface area contributed by atoms with Crippen molar-refractivity contribution in [2.45, 2.75) is 39.4 Å². The lowest BCUT2D eigenvalue weighted by Crippen LogP contribution is -2.33. The van der Waals surface area contributed by atoms with E-state index in [1.165, 1.54) is 17.7 Å². The van der Waals surface area contributed by atoms with E-state index in [4.69, 9.17) is 0 Å². The molecule has 2 aromatic heterocycles. The topological polar surface area (TPSA) is 36.1 Å². The second kappa shape index (κ2) is 7.28. The fraction of sp³-hybridized carbons (Fsp3) is 0.316. The van der Waals surface area contributed by atoms with Crippen molar-refractivity contribution in [1.82, 2.24) is 9.88 Å². The van der Waals surface area contributed by atoms with Gasteiger partial charge in [-0.25, -0.2) is 4.39 Å². The Bertz CT molecular complexity index is 873. The van der Waals surface area contributed by atoms with Gasteiger partial charge in [-0.2, -0.15) is 11.3 Å². The number of pyridine rings is 1. The molecule has 0 fully saturated rings. The molecule has 3 aromatic rings. The van der Waals surface area contributed by atoms with Crippen molar-refractivity contribution in [2.75, 3.05) is 0 Å². The first-order valence-corrected chi connectivity index (χ1v) is 9.07. The predicted molar refractivity (Wildman–Crippen MR) is 97.8 cm³/mol. The molecule has 0 spiro atoms. The molecule has 1 N–H and O–H groups in total. The molecule has 24 heavy (non-hydrogen) atoms. The second-order valence-corrected chi connectivity index (χ2v) is 6.93. The number of nitrogens with zero attached hydrogens (tertiary/aromatic N) is 1. The summed E-state index contributed by atoms with van der Waals surface area (Å²) in [6.45, 7) is 5.72. The minimum atomic E-state index is -0.343. The maximum absolute atomic E-state index is 13.3. The van der Waals surface area contributed by atoms with E-state index in [2.05, 4.69) is 40.6 Å². The predicted octanol–water partition coefficient (Wildman–Crippen LogP) is 4.53. The maximum atomic E-state index is 13.3. The summed E-state index contributed by atoms with van der Waals surface area (Å²) in [6.07, 6.45) is 1.01. The largest absolute Gasteiger partial charge is 0.322 e. The molecular weight excluding hydrogens is 323 g/mol. The summed E-state index contributed by atoms with van der Waals surface area (Å²) in [4.78, 5) is 17.5. The number of H-pyrrole nitrogens is 1. The van der Waals surface area contributed by atoms with Crippen LogP contribution < -0.4 is 5.56 Å². The average Bonchev–Trinajstić information content (AvgIpc) is 3.07. The van der Waals surface area contributed by atoms with E-state index < -0.39 is 0 Å². The highest BCUT2D eigenvalue weighted by molar-refractivity contribution is 7.07. The number of nitrogens with one attached hydrogen (secondary N) is 1. The van der Waals surface area contributed by atoms with Crippen molar-refractivity contribution in [2.24, 2.45) is 0 Å². The molecule has 126 valence electrons. The van der Waals surface area contributed by atoms with Crippen LogP contribution in [0.4, 0.5) is 4.39 Å². The number of aromatic nitrogens is 1. The summed E-state index contributed by atoms with van der Waals surface area (Å²) in [7, 11) is 0. The normalized spacial score (nSPS) is 12.8. The van der Waals surface area contributed by atoms with E-state index in [1.54, 1.807) is 17.4 Å². The van der Waals surface area contributed by atoms with Gasteiger partial charge < -0.3 is 4.98 Å². The van der Waals surface area contributed by atoms with Gasteiger partial charge in [0.25, 0.3) is 5.56 Å². The lowest BCUT2D eigenvalue weighted by atomic mass is 10.1. The molecule has 1 unspecified atom stereocenters. The van der Waals surface area contributed by atoms with Gasteiger partial charge >= 0.3 is 0 Å². The highest BCUT2D eigenvalue weighted by Crippen LogP contribution is 2.18. The number of hydrogen-bond donors (Lipinski definition) is 1. The van der Waals surface area contributed by atoms with E-state index in [9.17, 15) is 9.18 Å². The van der Waals surface area contributed by atoms with E-state index in [1.807, 2.05) is 6.07 Å². The van der Waals surface area contributed by atoms with Crippen LogP contribution in [0.25, 0.3) is 10.9 Å². The van der Waals surface area contributed by atoms with Gasteiger partial charge in [0.05, 0.1) is 5.52 Å². The van der Waals surface area contributed by atoms with Gasteiger partial charge in [-0.15, -0.1) is 0 Å². The van der Waals surface area contributed by atoms with Crippen LogP contribution in [0.15, 0.2) is 45.9 Å². The Morgan fingerprint density at radius 2 is 2.08 bits per heavy atom. The molecule has 0 bridgehead atoms. The number of fused-ring (bicyclic) bond motifs is 1. The van der Waals surface area contributed by atoms with E-state index in [0.29, 0.717) is 23.7 Å². The first-order valence-electron chi connectivity index (χ1n) is 8.13. The van der Waals surface area contributed by atoms with Crippen molar-refractivity contribution in [3.8, 4) is 0 Å². The van der Waals surface area contributed by atoms with Crippen LogP contribution in [-0.4, -0.2) is 15.9 Å². The Hall–Kier alpha value is -1.98. The smallest absolute Gasteiger partial charge is 0.252 e. The van der Waals surface area contributed by atoms with Crippen molar-refractivity contribution < 1.29 is 4.39 Å². The maximum Gasteiger partial charge on any atom is 0.252 e. The number of benzene rings is 1. The van der Waals surface area contributed by atoms with E-state index in [-0.39, 0.29) is 11.4 Å². The molecule has 2 heterocycles. The molecule has 0 saturated heterocycles. The Balaban J connectivity index is 1.91. The molecule has 0 radical (unpaired) electrons. The van der Waals surface area contributed by atoms with Gasteiger partial charge in [-0.3, -0.25) is 9.69 Å². The second-order valence-electron chi connectivity index (χ2n) is 6.15. The Labute approximate surface area is 144 Å². The van der Waals surface area contributed by atoms with Crippen LogP contribution >= 0.6 is 11.3 Å². The fourth-order valence-electron chi connectivity index (χ4n) is 2.80. The summed E-state index contributed by atoms with van der Waals surface area (Å²) in [5, 5.41) is 5.07. The van der Waals surface area contributed by atoms with Crippen molar-refractivity contribution in [1.29, 1.82) is 0 Å². The molecule has 1 aromatic carbocycles. The van der Waals surface area contributed by atoms with Gasteiger partial charge in [-0.1, -0.05) is 6.92 Å². The van der Waals surface area contributed by atoms with Crippen molar-refractivity contribution in [3.05, 3.63) is 68.4 Å². The average molecular weight is 344 g/mol. The van der Waals surface area contributed by atoms with Gasteiger partial charge in [0, 0.05) is 24.7 Å². The van der Waals surface area contributed by atoms with Crippen LogP contribution in [0, 0.1) is 5.82 Å². The van der Waals surface area contributed by atoms with E-state index in [0.717, 1.165) is 18.4 Å². The number of hydrogen-bond acceptors (Lipinski definition) is 3. The molecule has 0 amide bonds. The highest BCUT2D eigenvalue weighted by Gasteiger charge is 2.16. The van der Waals surface area contributed by atoms with Gasteiger partial charge in [0.15, 0.2) is 0 Å². The van der Waals surface area contributed by atoms with Crippen molar-refractivity contribution in [3.63, 3.8) is 0 Å². The van der Waals surface area contributed by atoms with Crippen LogP contribution in [0.3, 0.4) is 0 Å². The minimum Gasteiger partial charge on any atom is -0.322 e. The summed E-state index contributed by atoms with van der Waals surface area (Å²) < 4.78 is 13.3. The number of aromatic amines is 1. The van der Waals surface area contributed by atoms with Crippen LogP contribution in [0.5, 0.6) is 0 Å². The Morgan fingerprint density at radius 1 is 1.25 bits per heavy atom. The first kappa shape index (κ1) is 16.9. The lowest BCUT2D eigenvalue weighted by Gasteiger charge is -2.28. The van der Waals surface area contributed by atoms with Crippen LogP contribution in [0.1, 0.15) is 31.4 Å². The molecular formula is C19H21FN2OS. The fourth-order valence-corrected chi connectivity index (χ4v) is 3.46. The summed E-state index contributed by atoms with van der Waals surface area (Å²) >= 11 is 1.68. The molecule has 0 saturated carbocycles. The number of thiophene rings is 1. The summed E-state index contributed by atoms with van der Waals surface area (Å²) in [5.41, 5.74) is 2.37. The van der Waals surface area contributed by atoms with Crippen molar-refractivity contribution >= 4 is 22.2 Å². The van der Waals surface area contributed by atoms with Crippen LogP contribution in [-0.2, 0) is 13.1 Å². The highest BCUT2D eigenvalue weighted by atomic mass is 32.1. The minimum absolute atomic E-state index is 0.147.